The van der Waals surface area contributed by atoms with Crippen LogP contribution in [0, 0.1) is 11.8 Å². The smallest absolute Gasteiger partial charge is 0.312 e. The van der Waals surface area contributed by atoms with Crippen molar-refractivity contribution in [3.63, 3.8) is 0 Å². The molecule has 2 bridgehead atoms. The molecule has 1 aromatic carbocycles. The maximum Gasteiger partial charge on any atom is 0.312 e. The monoisotopic (exact) mass is 594 g/mol. The molecule has 1 N–H and O–H groups in total. The van der Waals surface area contributed by atoms with Crippen LogP contribution in [-0.4, -0.2) is 76.2 Å². The number of unbranched alkanes of at least 4 members (excludes halogenated alkanes) is 1. The molecule has 1 spiro atoms. The number of esters is 1. The van der Waals surface area contributed by atoms with Gasteiger partial charge in [-0.1, -0.05) is 39.7 Å². The van der Waals surface area contributed by atoms with E-state index in [1.54, 1.807) is 43.3 Å². The Labute approximate surface area is 230 Å². The molecular weight excluding hydrogens is 564 g/mol. The lowest BCUT2D eigenvalue weighted by atomic mass is 9.70. The summed E-state index contributed by atoms with van der Waals surface area (Å²) in [6, 6.07) is 5.09. The number of nitrogens with zero attached hydrogens (tertiary/aromatic N) is 2. The Kier molecular flexibility index (Phi) is 8.48. The number of alkyl halides is 1. The fourth-order valence-electron chi connectivity index (χ4n) is 5.90. The van der Waals surface area contributed by atoms with E-state index in [2.05, 4.69) is 29.1 Å². The van der Waals surface area contributed by atoms with Crippen molar-refractivity contribution in [1.82, 2.24) is 4.90 Å². The van der Waals surface area contributed by atoms with E-state index in [0.717, 1.165) is 0 Å². The maximum atomic E-state index is 14.3. The first-order valence-electron chi connectivity index (χ1n) is 12.4. The Morgan fingerprint density at radius 3 is 2.68 bits per heavy atom. The predicted octanol–water partition coefficient (Wildman–Crippen LogP) is 3.50. The summed E-state index contributed by atoms with van der Waals surface area (Å²) >= 11 is 9.70. The van der Waals surface area contributed by atoms with E-state index < -0.39 is 41.6 Å². The molecule has 1 aromatic rings. The van der Waals surface area contributed by atoms with E-state index in [1.807, 2.05) is 0 Å². The molecule has 0 saturated carbocycles. The molecule has 10 heteroatoms. The molecule has 7 atom stereocenters. The summed E-state index contributed by atoms with van der Waals surface area (Å²) in [4.78, 5) is 44.2. The van der Waals surface area contributed by atoms with Crippen LogP contribution < -0.4 is 4.90 Å². The number of fused-ring (bicyclic) bond motifs is 1. The fraction of sp³-hybridized carbons (Fsp3) is 0.519. The van der Waals surface area contributed by atoms with Crippen LogP contribution in [0.25, 0.3) is 0 Å². The van der Waals surface area contributed by atoms with Crippen molar-refractivity contribution >= 4 is 51.0 Å². The topological polar surface area (TPSA) is 96.4 Å². The summed E-state index contributed by atoms with van der Waals surface area (Å²) in [5.41, 5.74) is -0.660. The fourth-order valence-corrected chi connectivity index (χ4v) is 6.96. The van der Waals surface area contributed by atoms with E-state index >= 15 is 0 Å². The minimum atomic E-state index is -1.24. The number of amides is 2. The summed E-state index contributed by atoms with van der Waals surface area (Å²) in [5.74, 6) is -3.02. The molecule has 0 aliphatic carbocycles. The standard InChI is InChI=1S/C27H32BrClN2O6/c1-4-6-7-13-36-26(35)20-21-24(33)31(16(3)15-32)23(27(21)14-19(28)22(20)37-27)25(34)30(12-5-2)18-10-8-17(29)9-11-18/h4-5,8-11,16,19-23,32H,1-2,6-7,12-15H2,3H3/t16-,19?,20-,21+,22-,23?,27?/m1/s1. The Bertz CT molecular complexity index is 1070. The van der Waals surface area contributed by atoms with Gasteiger partial charge < -0.3 is 24.4 Å². The molecule has 4 rings (SSSR count). The van der Waals surface area contributed by atoms with E-state index in [1.165, 1.54) is 9.80 Å². The average molecular weight is 596 g/mol. The number of carbonyl (C=O) groups is 3. The first-order chi connectivity index (χ1) is 17.7. The highest BCUT2D eigenvalue weighted by molar-refractivity contribution is 9.09. The number of likely N-dealkylation sites (tertiary alicyclic amines) is 1. The van der Waals surface area contributed by atoms with Crippen LogP contribution >= 0.6 is 27.5 Å². The summed E-state index contributed by atoms with van der Waals surface area (Å²) in [6.45, 7) is 9.18. The molecule has 0 aromatic heterocycles. The average Bonchev–Trinajstić information content (AvgIpc) is 3.48. The van der Waals surface area contributed by atoms with E-state index in [-0.39, 0.29) is 36.4 Å². The number of halogens is 2. The molecule has 8 nitrogen and oxygen atoms in total. The van der Waals surface area contributed by atoms with Gasteiger partial charge >= 0.3 is 5.97 Å². The number of benzene rings is 1. The number of carbonyl (C=O) groups excluding carboxylic acids is 3. The molecule has 3 aliphatic rings. The third-order valence-electron chi connectivity index (χ3n) is 7.49. The van der Waals surface area contributed by atoms with Crippen LogP contribution in [0.15, 0.2) is 49.6 Å². The molecule has 0 radical (unpaired) electrons. The first-order valence-corrected chi connectivity index (χ1v) is 13.7. The minimum Gasteiger partial charge on any atom is -0.465 e. The van der Waals surface area contributed by atoms with Gasteiger partial charge in [-0.25, -0.2) is 0 Å². The van der Waals surface area contributed by atoms with Crippen molar-refractivity contribution in [3.8, 4) is 0 Å². The number of ether oxygens (including phenoxy) is 2. The van der Waals surface area contributed by atoms with Gasteiger partial charge in [0.1, 0.15) is 11.6 Å². The normalized spacial score (nSPS) is 30.6. The van der Waals surface area contributed by atoms with Gasteiger partial charge in [0.2, 0.25) is 5.91 Å². The van der Waals surface area contributed by atoms with Crippen LogP contribution in [0.3, 0.4) is 0 Å². The quantitative estimate of drug-likeness (QED) is 0.182. The second kappa shape index (κ2) is 11.3. The van der Waals surface area contributed by atoms with Crippen LogP contribution in [0.2, 0.25) is 5.02 Å². The first kappa shape index (κ1) is 27.8. The molecule has 200 valence electrons. The molecule has 37 heavy (non-hydrogen) atoms. The Morgan fingerprint density at radius 1 is 1.35 bits per heavy atom. The number of aliphatic hydroxyl groups excluding tert-OH is 1. The second-order valence-electron chi connectivity index (χ2n) is 9.75. The Morgan fingerprint density at radius 2 is 2.05 bits per heavy atom. The van der Waals surface area contributed by atoms with Gasteiger partial charge in [0.05, 0.1) is 37.2 Å². The molecule has 3 heterocycles. The molecule has 3 unspecified atom stereocenters. The zero-order valence-electron chi connectivity index (χ0n) is 20.7. The third kappa shape index (κ3) is 4.75. The van der Waals surface area contributed by atoms with Crippen molar-refractivity contribution in [2.45, 2.75) is 54.8 Å². The lowest BCUT2D eigenvalue weighted by molar-refractivity contribution is -0.155. The van der Waals surface area contributed by atoms with Gasteiger partial charge in [-0.2, -0.15) is 0 Å². The summed E-state index contributed by atoms with van der Waals surface area (Å²) in [6.07, 6.45) is 4.43. The molecular formula is C27H32BrClN2O6. The van der Waals surface area contributed by atoms with Crippen molar-refractivity contribution in [2.75, 3.05) is 24.7 Å². The van der Waals surface area contributed by atoms with Gasteiger partial charge in [0.15, 0.2) is 0 Å². The van der Waals surface area contributed by atoms with Gasteiger partial charge in [-0.3, -0.25) is 14.4 Å². The summed E-state index contributed by atoms with van der Waals surface area (Å²) < 4.78 is 12.0. The van der Waals surface area contributed by atoms with Crippen LogP contribution in [0.5, 0.6) is 0 Å². The van der Waals surface area contributed by atoms with Crippen molar-refractivity contribution in [3.05, 3.63) is 54.6 Å². The van der Waals surface area contributed by atoms with Crippen LogP contribution in [0.1, 0.15) is 26.2 Å². The molecule has 3 saturated heterocycles. The molecule has 2 amide bonds. The summed E-state index contributed by atoms with van der Waals surface area (Å²) in [7, 11) is 0. The maximum absolute atomic E-state index is 14.3. The van der Waals surface area contributed by atoms with E-state index in [9.17, 15) is 19.5 Å². The number of hydrogen-bond acceptors (Lipinski definition) is 6. The number of hydrogen-bond donors (Lipinski definition) is 1. The highest BCUT2D eigenvalue weighted by Crippen LogP contribution is 2.60. The van der Waals surface area contributed by atoms with E-state index in [0.29, 0.717) is 30.0 Å². The SMILES string of the molecule is C=CCCCOC(=O)[C@H]1[C@@H]2OC3(CC2Br)C(C(=O)N(CC=C)c2ccc(Cl)cc2)N([C@H](C)CO)C(=O)[C@H]13. The largest absolute Gasteiger partial charge is 0.465 e. The van der Waals surface area contributed by atoms with Crippen molar-refractivity contribution in [1.29, 1.82) is 0 Å². The van der Waals surface area contributed by atoms with Crippen molar-refractivity contribution < 1.29 is 29.0 Å². The third-order valence-corrected chi connectivity index (χ3v) is 8.58. The number of rotatable bonds is 11. The van der Waals surface area contributed by atoms with Crippen LogP contribution in [0.4, 0.5) is 5.69 Å². The lowest BCUT2D eigenvalue weighted by Gasteiger charge is -2.38. The minimum absolute atomic E-state index is 0.184. The van der Waals surface area contributed by atoms with Crippen LogP contribution in [-0.2, 0) is 23.9 Å². The van der Waals surface area contributed by atoms with Gasteiger partial charge in [-0.15, -0.1) is 13.2 Å². The van der Waals surface area contributed by atoms with Crippen molar-refractivity contribution in [2.24, 2.45) is 11.8 Å². The zero-order valence-corrected chi connectivity index (χ0v) is 23.1. The lowest BCUT2D eigenvalue weighted by Crippen LogP contribution is -2.58. The number of allylic oxidation sites excluding steroid dienone is 1. The molecule has 3 aliphatic heterocycles. The highest BCUT2D eigenvalue weighted by atomic mass is 79.9. The van der Waals surface area contributed by atoms with Gasteiger partial charge in [0.25, 0.3) is 5.91 Å². The zero-order chi connectivity index (χ0) is 26.9. The second-order valence-corrected chi connectivity index (χ2v) is 11.4. The molecule has 3 fully saturated rings. The van der Waals surface area contributed by atoms with Gasteiger partial charge in [-0.05, 0) is 50.5 Å². The Hall–Kier alpha value is -2.20. The van der Waals surface area contributed by atoms with E-state index in [4.69, 9.17) is 21.1 Å². The Balaban J connectivity index is 1.74. The summed E-state index contributed by atoms with van der Waals surface area (Å²) in [5, 5.41) is 10.5. The number of anilines is 1. The number of aliphatic hydroxyl groups is 1. The highest BCUT2D eigenvalue weighted by Gasteiger charge is 2.77. The van der Waals surface area contributed by atoms with Gasteiger partial charge in [0, 0.05) is 22.1 Å². The predicted molar refractivity (Wildman–Crippen MR) is 143 cm³/mol.